The van der Waals surface area contributed by atoms with Crippen LogP contribution in [-0.2, 0) is 11.2 Å². The van der Waals surface area contributed by atoms with E-state index in [4.69, 9.17) is 0 Å². The smallest absolute Gasteiger partial charge is 0.229 e. The fourth-order valence-electron chi connectivity index (χ4n) is 3.70. The first-order valence-electron chi connectivity index (χ1n) is 9.22. The molecular formula is C21H23N3OS. The van der Waals surface area contributed by atoms with Crippen molar-refractivity contribution in [3.8, 4) is 0 Å². The molecule has 1 fully saturated rings. The zero-order valence-corrected chi connectivity index (χ0v) is 15.8. The minimum atomic E-state index is -0.00986. The molecule has 4 rings (SSSR count). The first-order chi connectivity index (χ1) is 12.8. The molecule has 3 aromatic rings. The van der Waals surface area contributed by atoms with Crippen molar-refractivity contribution < 1.29 is 4.79 Å². The van der Waals surface area contributed by atoms with E-state index in [0.29, 0.717) is 0 Å². The summed E-state index contributed by atoms with van der Waals surface area (Å²) in [7, 11) is 0. The zero-order valence-electron chi connectivity index (χ0n) is 14.9. The Hall–Kier alpha value is -2.40. The lowest BCUT2D eigenvalue weighted by molar-refractivity contribution is -0.120. The quantitative estimate of drug-likeness (QED) is 0.728. The van der Waals surface area contributed by atoms with Gasteiger partial charge < -0.3 is 10.2 Å². The van der Waals surface area contributed by atoms with Crippen LogP contribution >= 0.6 is 11.3 Å². The molecule has 4 nitrogen and oxygen atoms in total. The van der Waals surface area contributed by atoms with Gasteiger partial charge in [-0.05, 0) is 48.4 Å². The van der Waals surface area contributed by atoms with Gasteiger partial charge in [0.15, 0.2) is 0 Å². The number of aryl methyl sites for hydroxylation is 1. The average molecular weight is 366 g/mol. The van der Waals surface area contributed by atoms with E-state index in [1.165, 1.54) is 15.6 Å². The Morgan fingerprint density at radius 2 is 2.19 bits per heavy atom. The number of anilines is 2. The maximum Gasteiger partial charge on any atom is 0.229 e. The number of amides is 1. The third-order valence-electron chi connectivity index (χ3n) is 5.11. The summed E-state index contributed by atoms with van der Waals surface area (Å²) in [5.41, 5.74) is 2.12. The van der Waals surface area contributed by atoms with Crippen LogP contribution in [0.1, 0.15) is 25.3 Å². The number of pyridine rings is 1. The van der Waals surface area contributed by atoms with Crippen LogP contribution in [0.4, 0.5) is 11.5 Å². The summed E-state index contributed by atoms with van der Waals surface area (Å²) in [6, 6.07) is 12.2. The van der Waals surface area contributed by atoms with Gasteiger partial charge in [0.05, 0.1) is 5.92 Å². The fraction of sp³-hybridized carbons (Fsp3) is 0.333. The minimum Gasteiger partial charge on any atom is -0.355 e. The van der Waals surface area contributed by atoms with E-state index in [1.54, 1.807) is 11.3 Å². The van der Waals surface area contributed by atoms with E-state index < -0.39 is 0 Å². The van der Waals surface area contributed by atoms with Crippen LogP contribution in [0, 0.1) is 5.92 Å². The highest BCUT2D eigenvalue weighted by atomic mass is 32.1. The number of aromatic nitrogens is 1. The minimum absolute atomic E-state index is 0.00986. The van der Waals surface area contributed by atoms with Crippen LogP contribution in [0.15, 0.2) is 48.0 Å². The lowest BCUT2D eigenvalue weighted by Gasteiger charge is -2.33. The molecular weight excluding hydrogens is 342 g/mol. The van der Waals surface area contributed by atoms with Crippen LogP contribution in [0.5, 0.6) is 0 Å². The summed E-state index contributed by atoms with van der Waals surface area (Å²) in [6.07, 6.45) is 4.72. The molecule has 3 heterocycles. The Labute approximate surface area is 157 Å². The van der Waals surface area contributed by atoms with Crippen LogP contribution in [0.2, 0.25) is 0 Å². The van der Waals surface area contributed by atoms with Gasteiger partial charge in [-0.3, -0.25) is 4.79 Å². The van der Waals surface area contributed by atoms with Gasteiger partial charge in [-0.1, -0.05) is 25.1 Å². The molecule has 5 heteroatoms. The average Bonchev–Trinajstić information content (AvgIpc) is 3.17. The van der Waals surface area contributed by atoms with Crippen molar-refractivity contribution in [3.05, 3.63) is 53.5 Å². The molecule has 0 saturated carbocycles. The number of para-hydroxylation sites is 1. The predicted octanol–water partition coefficient (Wildman–Crippen LogP) is 4.71. The third-order valence-corrected chi connectivity index (χ3v) is 5.99. The van der Waals surface area contributed by atoms with E-state index in [-0.39, 0.29) is 11.8 Å². The number of nitrogens with zero attached hydrogens (tertiary/aromatic N) is 2. The first-order valence-corrected chi connectivity index (χ1v) is 10.1. The molecule has 0 unspecified atom stereocenters. The normalized spacial score (nSPS) is 17.4. The number of carbonyl (C=O) groups excluding carboxylic acids is 1. The van der Waals surface area contributed by atoms with Crippen LogP contribution in [0.25, 0.3) is 10.1 Å². The van der Waals surface area contributed by atoms with Crippen molar-refractivity contribution in [2.75, 3.05) is 23.3 Å². The molecule has 0 spiro atoms. The van der Waals surface area contributed by atoms with Gasteiger partial charge in [0, 0.05) is 35.1 Å². The standard InChI is InChI=1S/C21H23N3OS/c1-2-15-6-3-4-8-18(15)23-21(25)16-7-5-12-24(14-16)20-17-10-13-26-19(17)9-11-22-20/h3-4,6,8-11,13,16H,2,5,7,12,14H2,1H3,(H,23,25)/t16-/m1/s1. The summed E-state index contributed by atoms with van der Waals surface area (Å²) in [4.78, 5) is 19.8. The second kappa shape index (κ2) is 7.46. The highest BCUT2D eigenvalue weighted by Crippen LogP contribution is 2.31. The second-order valence-corrected chi connectivity index (χ2v) is 7.70. The van der Waals surface area contributed by atoms with Gasteiger partial charge in [0.2, 0.25) is 5.91 Å². The Morgan fingerprint density at radius 3 is 3.08 bits per heavy atom. The maximum atomic E-state index is 12.9. The van der Waals surface area contributed by atoms with Gasteiger partial charge in [-0.2, -0.15) is 0 Å². The molecule has 1 aliphatic rings. The number of hydrogen-bond donors (Lipinski definition) is 1. The molecule has 1 N–H and O–H groups in total. The van der Waals surface area contributed by atoms with Crippen molar-refractivity contribution in [3.63, 3.8) is 0 Å². The number of carbonyl (C=O) groups is 1. The van der Waals surface area contributed by atoms with Crippen molar-refractivity contribution in [2.45, 2.75) is 26.2 Å². The van der Waals surface area contributed by atoms with E-state index in [2.05, 4.69) is 45.7 Å². The number of piperidine rings is 1. The Bertz CT molecular complexity index is 920. The van der Waals surface area contributed by atoms with Crippen molar-refractivity contribution in [1.29, 1.82) is 0 Å². The van der Waals surface area contributed by atoms with E-state index in [0.717, 1.165) is 43.9 Å². The summed E-state index contributed by atoms with van der Waals surface area (Å²) < 4.78 is 1.25. The molecule has 1 amide bonds. The fourth-order valence-corrected chi connectivity index (χ4v) is 4.48. The summed E-state index contributed by atoms with van der Waals surface area (Å²) in [6.45, 7) is 3.79. The predicted molar refractivity (Wildman–Crippen MR) is 109 cm³/mol. The van der Waals surface area contributed by atoms with Crippen LogP contribution in [-0.4, -0.2) is 24.0 Å². The lowest BCUT2D eigenvalue weighted by Crippen LogP contribution is -2.41. The molecule has 26 heavy (non-hydrogen) atoms. The molecule has 1 aromatic carbocycles. The third kappa shape index (κ3) is 3.31. The van der Waals surface area contributed by atoms with Gasteiger partial charge in [0.25, 0.3) is 0 Å². The number of fused-ring (bicyclic) bond motifs is 1. The summed E-state index contributed by atoms with van der Waals surface area (Å²) >= 11 is 1.73. The Balaban J connectivity index is 1.51. The SMILES string of the molecule is CCc1ccccc1NC(=O)[C@@H]1CCCN(c2nccc3sccc23)C1. The number of hydrogen-bond acceptors (Lipinski definition) is 4. The lowest BCUT2D eigenvalue weighted by atomic mass is 9.96. The maximum absolute atomic E-state index is 12.9. The molecule has 1 saturated heterocycles. The number of rotatable bonds is 4. The Morgan fingerprint density at radius 1 is 1.31 bits per heavy atom. The monoisotopic (exact) mass is 365 g/mol. The van der Waals surface area contributed by atoms with Crippen molar-refractivity contribution in [2.24, 2.45) is 5.92 Å². The number of nitrogens with one attached hydrogen (secondary N) is 1. The van der Waals surface area contributed by atoms with E-state index in [1.807, 2.05) is 24.4 Å². The van der Waals surface area contributed by atoms with Crippen molar-refractivity contribution >= 4 is 38.8 Å². The highest BCUT2D eigenvalue weighted by Gasteiger charge is 2.27. The first kappa shape index (κ1) is 17.0. The Kier molecular flexibility index (Phi) is 4.89. The molecule has 1 aliphatic heterocycles. The topological polar surface area (TPSA) is 45.2 Å². The highest BCUT2D eigenvalue weighted by molar-refractivity contribution is 7.17. The number of benzene rings is 1. The molecule has 1 atom stereocenters. The van der Waals surface area contributed by atoms with Crippen LogP contribution in [0.3, 0.4) is 0 Å². The van der Waals surface area contributed by atoms with E-state index in [9.17, 15) is 4.79 Å². The van der Waals surface area contributed by atoms with Gasteiger partial charge in [-0.25, -0.2) is 4.98 Å². The number of thiophene rings is 1. The second-order valence-electron chi connectivity index (χ2n) is 6.75. The van der Waals surface area contributed by atoms with Crippen LogP contribution < -0.4 is 10.2 Å². The largest absolute Gasteiger partial charge is 0.355 e. The molecule has 0 radical (unpaired) electrons. The summed E-state index contributed by atoms with van der Waals surface area (Å²) in [5.74, 6) is 1.12. The van der Waals surface area contributed by atoms with Crippen molar-refractivity contribution in [1.82, 2.24) is 4.98 Å². The molecule has 0 bridgehead atoms. The van der Waals surface area contributed by atoms with E-state index >= 15 is 0 Å². The summed E-state index contributed by atoms with van der Waals surface area (Å²) in [5, 5.41) is 6.44. The van der Waals surface area contributed by atoms with Gasteiger partial charge >= 0.3 is 0 Å². The molecule has 134 valence electrons. The van der Waals surface area contributed by atoms with Gasteiger partial charge in [-0.15, -0.1) is 11.3 Å². The molecule has 0 aliphatic carbocycles. The van der Waals surface area contributed by atoms with Gasteiger partial charge in [0.1, 0.15) is 5.82 Å². The zero-order chi connectivity index (χ0) is 17.9. The molecule has 2 aromatic heterocycles.